The van der Waals surface area contributed by atoms with Crippen molar-refractivity contribution in [2.45, 2.75) is 57.4 Å². The van der Waals surface area contributed by atoms with Gasteiger partial charge in [-0.05, 0) is 72.7 Å². The van der Waals surface area contributed by atoms with Gasteiger partial charge in [0.15, 0.2) is 6.10 Å². The lowest BCUT2D eigenvalue weighted by atomic mass is 9.81. The summed E-state index contributed by atoms with van der Waals surface area (Å²) >= 11 is 0. The number of aromatic nitrogens is 1. The van der Waals surface area contributed by atoms with Crippen LogP contribution in [-0.2, 0) is 29.4 Å². The van der Waals surface area contributed by atoms with Crippen LogP contribution < -0.4 is 10.6 Å². The van der Waals surface area contributed by atoms with Crippen molar-refractivity contribution in [2.75, 3.05) is 19.7 Å². The van der Waals surface area contributed by atoms with E-state index in [-0.39, 0.29) is 25.6 Å². The number of β-lactam (4-membered cyclic amide) rings is 1. The molecule has 1 unspecified atom stereocenters. The van der Waals surface area contributed by atoms with E-state index >= 15 is 0 Å². The first-order chi connectivity index (χ1) is 28.5. The minimum absolute atomic E-state index is 0.150. The molecular weight excluding hydrogens is 745 g/mol. The highest BCUT2D eigenvalue weighted by molar-refractivity contribution is 6.08. The molecule has 7 rings (SSSR count). The highest BCUT2D eigenvalue weighted by Crippen LogP contribution is 2.51. The number of hydrogen-bond donors (Lipinski definition) is 2. The number of carbonyl (C=O) groups is 4. The molecule has 0 radical (unpaired) electrons. The van der Waals surface area contributed by atoms with E-state index in [4.69, 9.17) is 14.2 Å². The Kier molecular flexibility index (Phi) is 12.2. The third kappa shape index (κ3) is 9.36. The largest absolute Gasteiger partial charge is 0.451 e. The van der Waals surface area contributed by atoms with Crippen LogP contribution in [0.2, 0.25) is 0 Å². The van der Waals surface area contributed by atoms with Crippen LogP contribution >= 0.6 is 0 Å². The molecule has 11 heteroatoms. The summed E-state index contributed by atoms with van der Waals surface area (Å²) in [6.45, 7) is 5.82. The summed E-state index contributed by atoms with van der Waals surface area (Å²) in [5.41, 5.74) is 3.90. The van der Waals surface area contributed by atoms with E-state index in [1.54, 1.807) is 23.2 Å². The van der Waals surface area contributed by atoms with Gasteiger partial charge >= 0.3 is 18.2 Å². The van der Waals surface area contributed by atoms with E-state index in [0.717, 1.165) is 27.8 Å². The van der Waals surface area contributed by atoms with Gasteiger partial charge in [0, 0.05) is 30.3 Å². The Morgan fingerprint density at radius 2 is 1.37 bits per heavy atom. The number of alkyl carbamates (subject to hydrolysis) is 2. The van der Waals surface area contributed by atoms with Crippen molar-refractivity contribution >= 4 is 30.1 Å². The number of carbonyl (C=O) groups excluding carboxylic acids is 4. The van der Waals surface area contributed by atoms with Crippen LogP contribution in [0.5, 0.6) is 0 Å². The molecule has 2 fully saturated rings. The molecule has 4 aromatic carbocycles. The van der Waals surface area contributed by atoms with Gasteiger partial charge in [0.2, 0.25) is 0 Å². The van der Waals surface area contributed by atoms with Crippen LogP contribution in [-0.4, -0.2) is 65.7 Å². The Morgan fingerprint density at radius 3 is 1.98 bits per heavy atom. The fourth-order valence-electron chi connectivity index (χ4n) is 7.76. The van der Waals surface area contributed by atoms with Gasteiger partial charge in [-0.15, -0.1) is 0 Å². The van der Waals surface area contributed by atoms with Crippen molar-refractivity contribution in [1.29, 1.82) is 0 Å². The van der Waals surface area contributed by atoms with Crippen LogP contribution in [0.4, 0.5) is 9.59 Å². The summed E-state index contributed by atoms with van der Waals surface area (Å²) in [7, 11) is 0. The second-order valence-electron chi connectivity index (χ2n) is 15.6. The highest BCUT2D eigenvalue weighted by Gasteiger charge is 2.63. The zero-order valence-electron chi connectivity index (χ0n) is 33.4. The Balaban J connectivity index is 0.946. The van der Waals surface area contributed by atoms with Crippen molar-refractivity contribution in [3.63, 3.8) is 0 Å². The smallest absolute Gasteiger partial charge is 0.408 e. The Labute approximate surface area is 344 Å². The maximum Gasteiger partial charge on any atom is 0.408 e. The number of esters is 1. The fraction of sp³-hybridized carbons (Fsp3) is 0.271. The summed E-state index contributed by atoms with van der Waals surface area (Å²) in [5, 5.41) is 5.48. The molecule has 0 saturated carbocycles. The molecule has 0 bridgehead atoms. The van der Waals surface area contributed by atoms with Gasteiger partial charge in [0.1, 0.15) is 18.2 Å². The summed E-state index contributed by atoms with van der Waals surface area (Å²) < 4.78 is 17.8. The maximum absolute atomic E-state index is 14.3. The summed E-state index contributed by atoms with van der Waals surface area (Å²) in [6.07, 6.45) is 2.20. The molecule has 3 amide bonds. The van der Waals surface area contributed by atoms with E-state index < -0.39 is 47.4 Å². The van der Waals surface area contributed by atoms with E-state index in [9.17, 15) is 19.2 Å². The monoisotopic (exact) mass is 792 g/mol. The first kappa shape index (κ1) is 40.4. The first-order valence-electron chi connectivity index (χ1n) is 19.8. The number of fused-ring (bicyclic) bond motifs is 1. The number of rotatable bonds is 14. The van der Waals surface area contributed by atoms with E-state index in [2.05, 4.69) is 15.6 Å². The standard InChI is InChI=1S/C48H48N4O7/c1-47(2,37-25-23-34(24-26-37)33-16-7-4-8-17-33)59-46(56)51-29-15-28-50-45(55)57-32-48(3)31-40-39(30-38-22-13-14-27-49-38)43(53)52(40)42(48)44(54)58-41(35-18-9-5-10-19-35)36-20-11-6-12-21-36/h4-14,16-27,30,40-42H,15,28-29,31-32H2,1-3H3,(H,50,55)(H,51,56)/b39-30+/t40?,42-,48-/m0/s1. The average Bonchev–Trinajstić information content (AvgIpc) is 3.54. The fourth-order valence-corrected chi connectivity index (χ4v) is 7.76. The predicted octanol–water partition coefficient (Wildman–Crippen LogP) is 8.23. The molecule has 2 aliphatic rings. The van der Waals surface area contributed by atoms with Gasteiger partial charge in [-0.25, -0.2) is 14.4 Å². The summed E-state index contributed by atoms with van der Waals surface area (Å²) in [5.74, 6) is -0.880. The number of hydrogen-bond acceptors (Lipinski definition) is 8. The van der Waals surface area contributed by atoms with Crippen LogP contribution in [0.3, 0.4) is 0 Å². The van der Waals surface area contributed by atoms with Gasteiger partial charge in [0.05, 0.1) is 11.7 Å². The molecule has 1 aromatic heterocycles. The molecule has 5 aromatic rings. The molecule has 0 spiro atoms. The number of amides is 3. The molecule has 2 saturated heterocycles. The van der Waals surface area contributed by atoms with Crippen LogP contribution in [0.25, 0.3) is 17.2 Å². The van der Waals surface area contributed by atoms with Crippen LogP contribution in [0.15, 0.2) is 145 Å². The Morgan fingerprint density at radius 1 is 0.797 bits per heavy atom. The normalized spacial score (nSPS) is 19.1. The molecule has 59 heavy (non-hydrogen) atoms. The average molecular weight is 793 g/mol. The van der Waals surface area contributed by atoms with Crippen molar-refractivity contribution in [1.82, 2.24) is 20.5 Å². The lowest BCUT2D eigenvalue weighted by molar-refractivity contribution is -0.163. The summed E-state index contributed by atoms with van der Waals surface area (Å²) in [6, 6.07) is 40.9. The zero-order valence-corrected chi connectivity index (χ0v) is 33.4. The predicted molar refractivity (Wildman–Crippen MR) is 224 cm³/mol. The van der Waals surface area contributed by atoms with Gasteiger partial charge in [-0.2, -0.15) is 0 Å². The second-order valence-corrected chi connectivity index (χ2v) is 15.6. The van der Waals surface area contributed by atoms with Crippen molar-refractivity contribution in [2.24, 2.45) is 5.41 Å². The first-order valence-corrected chi connectivity index (χ1v) is 19.8. The second kappa shape index (κ2) is 17.8. The van der Waals surface area contributed by atoms with E-state index in [0.29, 0.717) is 24.1 Å². The van der Waals surface area contributed by atoms with Gasteiger partial charge in [-0.1, -0.05) is 128 Å². The topological polar surface area (TPSA) is 136 Å². The lowest BCUT2D eigenvalue weighted by Crippen LogP contribution is -2.58. The number of pyridine rings is 1. The molecule has 302 valence electrons. The Hall–Kier alpha value is -6.75. The molecule has 0 aliphatic carbocycles. The van der Waals surface area contributed by atoms with Gasteiger partial charge in [0.25, 0.3) is 5.91 Å². The molecule has 2 N–H and O–H groups in total. The molecule has 11 nitrogen and oxygen atoms in total. The maximum atomic E-state index is 14.3. The van der Waals surface area contributed by atoms with E-state index in [1.807, 2.05) is 148 Å². The number of nitrogens with one attached hydrogen (secondary N) is 2. The van der Waals surface area contributed by atoms with Gasteiger partial charge < -0.3 is 29.7 Å². The number of nitrogens with zero attached hydrogens (tertiary/aromatic N) is 2. The molecular formula is C48H48N4O7. The zero-order chi connectivity index (χ0) is 41.4. The third-order valence-corrected chi connectivity index (χ3v) is 10.9. The minimum atomic E-state index is -1.02. The number of ether oxygens (including phenoxy) is 3. The Bertz CT molecular complexity index is 2230. The quantitative estimate of drug-likeness (QED) is 0.0378. The third-order valence-electron chi connectivity index (χ3n) is 10.9. The van der Waals surface area contributed by atoms with Gasteiger partial charge in [-0.3, -0.25) is 9.78 Å². The minimum Gasteiger partial charge on any atom is -0.451 e. The van der Waals surface area contributed by atoms with Crippen LogP contribution in [0.1, 0.15) is 62.1 Å². The molecule has 3 heterocycles. The van der Waals surface area contributed by atoms with E-state index in [1.165, 1.54) is 0 Å². The lowest BCUT2D eigenvalue weighted by Gasteiger charge is -2.41. The van der Waals surface area contributed by atoms with Crippen molar-refractivity contribution in [3.8, 4) is 11.1 Å². The van der Waals surface area contributed by atoms with Crippen LogP contribution in [0, 0.1) is 5.41 Å². The van der Waals surface area contributed by atoms with Crippen molar-refractivity contribution < 1.29 is 33.4 Å². The molecule has 3 atom stereocenters. The molecule has 2 aliphatic heterocycles. The number of benzene rings is 4. The highest BCUT2D eigenvalue weighted by atomic mass is 16.6. The SMILES string of the molecule is CC(C)(OC(=O)NCCCNC(=O)OC[C@]1(C)CC2/C(=C\c3ccccn3)C(=O)N2[C@H]1C(=O)OC(c1ccccc1)c1ccccc1)c1ccc(-c2ccccc2)cc1. The summed E-state index contributed by atoms with van der Waals surface area (Å²) in [4.78, 5) is 59.7. The van der Waals surface area contributed by atoms with Crippen molar-refractivity contribution in [3.05, 3.63) is 168 Å².